The molecule has 1 unspecified atom stereocenters. The van der Waals surface area contributed by atoms with Crippen LogP contribution in [0.3, 0.4) is 0 Å². The minimum absolute atomic E-state index is 0.000172. The van der Waals surface area contributed by atoms with Crippen LogP contribution in [0.5, 0.6) is 0 Å². The van der Waals surface area contributed by atoms with Gasteiger partial charge in [0.2, 0.25) is 0 Å². The van der Waals surface area contributed by atoms with Gasteiger partial charge in [0.25, 0.3) is 0 Å². The molecule has 2 amide bonds. The van der Waals surface area contributed by atoms with Crippen molar-refractivity contribution in [3.8, 4) is 11.4 Å². The molecular weight excluding hydrogens is 322 g/mol. The fraction of sp³-hybridized carbons (Fsp3) is 0.471. The van der Waals surface area contributed by atoms with Crippen molar-refractivity contribution < 1.29 is 14.6 Å². The van der Waals surface area contributed by atoms with Gasteiger partial charge in [-0.05, 0) is 37.1 Å². The van der Waals surface area contributed by atoms with Gasteiger partial charge in [-0.15, -0.1) is 0 Å². The van der Waals surface area contributed by atoms with E-state index in [1.165, 1.54) is 0 Å². The lowest BCUT2D eigenvalue weighted by molar-refractivity contribution is -0.00462. The molecule has 25 heavy (non-hydrogen) atoms. The number of rotatable bonds is 5. The predicted molar refractivity (Wildman–Crippen MR) is 93.1 cm³/mol. The monoisotopic (exact) mass is 345 g/mol. The van der Waals surface area contributed by atoms with Gasteiger partial charge >= 0.3 is 6.03 Å². The van der Waals surface area contributed by atoms with E-state index < -0.39 is 0 Å². The SMILES string of the molecule is Cn1cnc(-c2ccc(NC(=O)N3CCCC(OCCO)C3)cc2)n1. The van der Waals surface area contributed by atoms with Crippen molar-refractivity contribution in [2.24, 2.45) is 7.05 Å². The van der Waals surface area contributed by atoms with Gasteiger partial charge in [0.15, 0.2) is 5.82 Å². The Kier molecular flexibility index (Phi) is 5.62. The molecule has 1 atom stereocenters. The lowest BCUT2D eigenvalue weighted by Gasteiger charge is -2.32. The molecule has 0 bridgehead atoms. The minimum Gasteiger partial charge on any atom is -0.394 e. The molecule has 1 saturated heterocycles. The average molecular weight is 345 g/mol. The second-order valence-corrected chi connectivity index (χ2v) is 6.05. The molecule has 8 nitrogen and oxygen atoms in total. The molecule has 0 spiro atoms. The Balaban J connectivity index is 1.57. The standard InChI is InChI=1S/C17H23N5O3/c1-21-12-18-16(20-21)13-4-6-14(7-5-13)19-17(24)22-8-2-3-15(11-22)25-10-9-23/h4-7,12,15,23H,2-3,8-11H2,1H3,(H,19,24). The number of carbonyl (C=O) groups is 1. The number of hydrogen-bond donors (Lipinski definition) is 2. The lowest BCUT2D eigenvalue weighted by Crippen LogP contribution is -2.45. The zero-order valence-corrected chi connectivity index (χ0v) is 14.3. The summed E-state index contributed by atoms with van der Waals surface area (Å²) in [6, 6.07) is 7.31. The Morgan fingerprint density at radius 1 is 1.40 bits per heavy atom. The number of amides is 2. The highest BCUT2D eigenvalue weighted by Crippen LogP contribution is 2.19. The minimum atomic E-state index is -0.138. The number of likely N-dealkylation sites (tertiary alicyclic amines) is 1. The summed E-state index contributed by atoms with van der Waals surface area (Å²) in [6.07, 6.45) is 3.45. The summed E-state index contributed by atoms with van der Waals surface area (Å²) in [5, 5.41) is 16.0. The number of aryl methyl sites for hydroxylation is 1. The molecule has 2 N–H and O–H groups in total. The third kappa shape index (κ3) is 4.55. The summed E-state index contributed by atoms with van der Waals surface area (Å²) in [6.45, 7) is 1.56. The number of anilines is 1. The number of urea groups is 1. The number of nitrogens with zero attached hydrogens (tertiary/aromatic N) is 4. The molecule has 0 radical (unpaired) electrons. The third-order valence-electron chi connectivity index (χ3n) is 4.10. The van der Waals surface area contributed by atoms with Crippen molar-refractivity contribution in [2.75, 3.05) is 31.6 Å². The largest absolute Gasteiger partial charge is 0.394 e. The van der Waals surface area contributed by atoms with E-state index in [2.05, 4.69) is 15.4 Å². The van der Waals surface area contributed by atoms with Gasteiger partial charge in [-0.1, -0.05) is 0 Å². The highest BCUT2D eigenvalue weighted by atomic mass is 16.5. The number of nitrogens with one attached hydrogen (secondary N) is 1. The Morgan fingerprint density at radius 3 is 2.88 bits per heavy atom. The molecule has 1 aliphatic heterocycles. The van der Waals surface area contributed by atoms with Gasteiger partial charge in [-0.3, -0.25) is 4.68 Å². The second kappa shape index (κ2) is 8.09. The molecule has 1 fully saturated rings. The molecule has 1 aliphatic rings. The summed E-state index contributed by atoms with van der Waals surface area (Å²) in [5.41, 5.74) is 1.62. The molecule has 8 heteroatoms. The number of hydrogen-bond acceptors (Lipinski definition) is 5. The maximum atomic E-state index is 12.4. The van der Waals surface area contributed by atoms with E-state index in [4.69, 9.17) is 9.84 Å². The summed E-state index contributed by atoms with van der Waals surface area (Å²) >= 11 is 0. The zero-order valence-electron chi connectivity index (χ0n) is 14.3. The predicted octanol–water partition coefficient (Wildman–Crippen LogP) is 1.49. The molecule has 2 aromatic rings. The van der Waals surface area contributed by atoms with Crippen LogP contribution >= 0.6 is 0 Å². The van der Waals surface area contributed by atoms with Crippen molar-refractivity contribution in [2.45, 2.75) is 18.9 Å². The second-order valence-electron chi connectivity index (χ2n) is 6.05. The van der Waals surface area contributed by atoms with E-state index >= 15 is 0 Å². The van der Waals surface area contributed by atoms with Crippen LogP contribution in [0.4, 0.5) is 10.5 Å². The van der Waals surface area contributed by atoms with Crippen LogP contribution in [0.25, 0.3) is 11.4 Å². The maximum Gasteiger partial charge on any atom is 0.321 e. The number of piperidine rings is 1. The van der Waals surface area contributed by atoms with Crippen molar-refractivity contribution in [3.05, 3.63) is 30.6 Å². The fourth-order valence-corrected chi connectivity index (χ4v) is 2.85. The number of ether oxygens (including phenoxy) is 1. The van der Waals surface area contributed by atoms with E-state index in [9.17, 15) is 4.79 Å². The van der Waals surface area contributed by atoms with Crippen LogP contribution in [0.2, 0.25) is 0 Å². The molecule has 3 rings (SSSR count). The van der Waals surface area contributed by atoms with Crippen molar-refractivity contribution in [1.29, 1.82) is 0 Å². The van der Waals surface area contributed by atoms with E-state index in [0.29, 0.717) is 25.5 Å². The zero-order chi connectivity index (χ0) is 17.6. The topological polar surface area (TPSA) is 92.5 Å². The quantitative estimate of drug-likeness (QED) is 0.856. The summed E-state index contributed by atoms with van der Waals surface area (Å²) in [7, 11) is 1.82. The molecule has 0 saturated carbocycles. The summed E-state index contributed by atoms with van der Waals surface area (Å²) < 4.78 is 7.19. The highest BCUT2D eigenvalue weighted by Gasteiger charge is 2.24. The van der Waals surface area contributed by atoms with Gasteiger partial charge in [-0.25, -0.2) is 9.78 Å². The third-order valence-corrected chi connectivity index (χ3v) is 4.10. The smallest absolute Gasteiger partial charge is 0.321 e. The first-order valence-electron chi connectivity index (χ1n) is 8.40. The summed E-state index contributed by atoms with van der Waals surface area (Å²) in [4.78, 5) is 18.4. The van der Waals surface area contributed by atoms with E-state index in [0.717, 1.165) is 24.1 Å². The molecule has 134 valence electrons. The molecule has 2 heterocycles. The first kappa shape index (κ1) is 17.4. The van der Waals surface area contributed by atoms with E-state index in [1.54, 1.807) is 15.9 Å². The fourth-order valence-electron chi connectivity index (χ4n) is 2.85. The van der Waals surface area contributed by atoms with Crippen LogP contribution in [0.1, 0.15) is 12.8 Å². The maximum absolute atomic E-state index is 12.4. The number of benzene rings is 1. The normalized spacial score (nSPS) is 17.5. The van der Waals surface area contributed by atoms with Crippen molar-refractivity contribution in [3.63, 3.8) is 0 Å². The Bertz CT molecular complexity index is 701. The molecular formula is C17H23N5O3. The van der Waals surface area contributed by atoms with E-state index in [-0.39, 0.29) is 18.7 Å². The Labute approximate surface area is 146 Å². The van der Waals surface area contributed by atoms with Gasteiger partial charge in [0.1, 0.15) is 6.33 Å². The number of carbonyl (C=O) groups excluding carboxylic acids is 1. The molecule has 1 aromatic carbocycles. The number of aliphatic hydroxyl groups excluding tert-OH is 1. The molecule has 1 aromatic heterocycles. The van der Waals surface area contributed by atoms with Crippen LogP contribution < -0.4 is 5.32 Å². The molecule has 0 aliphatic carbocycles. The van der Waals surface area contributed by atoms with Crippen LogP contribution in [-0.2, 0) is 11.8 Å². The summed E-state index contributed by atoms with van der Waals surface area (Å²) in [5.74, 6) is 0.653. The van der Waals surface area contributed by atoms with Crippen LogP contribution in [-0.4, -0.2) is 63.2 Å². The van der Waals surface area contributed by atoms with Gasteiger partial charge in [0, 0.05) is 31.4 Å². The van der Waals surface area contributed by atoms with Crippen molar-refractivity contribution >= 4 is 11.7 Å². The van der Waals surface area contributed by atoms with E-state index in [1.807, 2.05) is 31.3 Å². The Morgan fingerprint density at radius 2 is 2.20 bits per heavy atom. The van der Waals surface area contributed by atoms with Crippen LogP contribution in [0.15, 0.2) is 30.6 Å². The Hall–Kier alpha value is -2.45. The average Bonchev–Trinajstić information content (AvgIpc) is 3.07. The van der Waals surface area contributed by atoms with Gasteiger partial charge < -0.3 is 20.1 Å². The van der Waals surface area contributed by atoms with Gasteiger partial charge in [-0.2, -0.15) is 5.10 Å². The number of aromatic nitrogens is 3. The van der Waals surface area contributed by atoms with Crippen molar-refractivity contribution in [1.82, 2.24) is 19.7 Å². The number of aliphatic hydroxyl groups is 1. The van der Waals surface area contributed by atoms with Gasteiger partial charge in [0.05, 0.1) is 19.3 Å². The first-order valence-corrected chi connectivity index (χ1v) is 8.40. The lowest BCUT2D eigenvalue weighted by atomic mass is 10.1. The highest BCUT2D eigenvalue weighted by molar-refractivity contribution is 5.89. The first-order chi connectivity index (χ1) is 12.2. The van der Waals surface area contributed by atoms with Crippen LogP contribution in [0, 0.1) is 0 Å².